The molecule has 1 N–H and O–H groups in total. The lowest BCUT2D eigenvalue weighted by molar-refractivity contribution is -0.119. The number of aromatic nitrogens is 1. The third-order valence-corrected chi connectivity index (χ3v) is 3.41. The molecule has 1 aromatic heterocycles. The van der Waals surface area contributed by atoms with Gasteiger partial charge in [-0.15, -0.1) is 0 Å². The van der Waals surface area contributed by atoms with Gasteiger partial charge in [0.2, 0.25) is 5.91 Å². The highest BCUT2D eigenvalue weighted by atomic mass is 35.5. The monoisotopic (exact) mass is 315 g/mol. The van der Waals surface area contributed by atoms with Gasteiger partial charge in [-0.25, -0.2) is 0 Å². The maximum absolute atomic E-state index is 12.4. The third kappa shape index (κ3) is 3.54. The zero-order chi connectivity index (χ0) is 16.1. The van der Waals surface area contributed by atoms with Crippen LogP contribution in [0.1, 0.15) is 24.9 Å². The van der Waals surface area contributed by atoms with Crippen LogP contribution in [0, 0.1) is 11.3 Å². The van der Waals surface area contributed by atoms with Gasteiger partial charge >= 0.3 is 0 Å². The maximum Gasteiger partial charge on any atom is 0.251 e. The Labute approximate surface area is 132 Å². The number of carbonyl (C=O) groups excluding carboxylic acids is 1. The number of benzene rings is 1. The standard InChI is InChI=1S/C16H14ClN3O2/c1-2-14(20-10-12(17)6-7-15(20)21)16(22)19-13-5-3-4-11(8-13)9-18/h3-8,10,14H,2H2,1H3,(H,19,22). The number of nitrogens with one attached hydrogen (secondary N) is 1. The molecule has 1 unspecified atom stereocenters. The highest BCUT2D eigenvalue weighted by molar-refractivity contribution is 6.30. The number of rotatable bonds is 4. The Morgan fingerprint density at radius 1 is 1.41 bits per heavy atom. The molecule has 0 radical (unpaired) electrons. The van der Waals surface area contributed by atoms with E-state index in [1.54, 1.807) is 24.3 Å². The van der Waals surface area contributed by atoms with Crippen LogP contribution in [-0.4, -0.2) is 10.5 Å². The normalized spacial score (nSPS) is 11.5. The molecule has 2 aromatic rings. The Bertz CT molecular complexity index is 792. The van der Waals surface area contributed by atoms with Crippen molar-refractivity contribution in [3.63, 3.8) is 0 Å². The molecule has 112 valence electrons. The molecule has 0 aliphatic rings. The summed E-state index contributed by atoms with van der Waals surface area (Å²) in [5.74, 6) is -0.332. The quantitative estimate of drug-likeness (QED) is 0.942. The molecule has 2 rings (SSSR count). The van der Waals surface area contributed by atoms with Gasteiger partial charge in [-0.3, -0.25) is 9.59 Å². The van der Waals surface area contributed by atoms with Gasteiger partial charge < -0.3 is 9.88 Å². The van der Waals surface area contributed by atoms with E-state index in [1.165, 1.54) is 22.9 Å². The fourth-order valence-electron chi connectivity index (χ4n) is 2.12. The van der Waals surface area contributed by atoms with Crippen LogP contribution in [0.15, 0.2) is 47.4 Å². The number of hydrogen-bond acceptors (Lipinski definition) is 3. The molecule has 22 heavy (non-hydrogen) atoms. The van der Waals surface area contributed by atoms with E-state index in [9.17, 15) is 9.59 Å². The zero-order valence-corrected chi connectivity index (χ0v) is 12.7. The Morgan fingerprint density at radius 3 is 2.86 bits per heavy atom. The van der Waals surface area contributed by atoms with Gasteiger partial charge in [-0.05, 0) is 30.7 Å². The Morgan fingerprint density at radius 2 is 2.18 bits per heavy atom. The third-order valence-electron chi connectivity index (χ3n) is 3.19. The summed E-state index contributed by atoms with van der Waals surface area (Å²) in [5, 5.41) is 12.0. The fraction of sp³-hybridized carbons (Fsp3) is 0.188. The van der Waals surface area contributed by atoms with Crippen LogP contribution in [0.4, 0.5) is 5.69 Å². The van der Waals surface area contributed by atoms with Gasteiger partial charge in [0.15, 0.2) is 0 Å². The number of carbonyl (C=O) groups is 1. The second kappa shape index (κ2) is 6.92. The molecular weight excluding hydrogens is 302 g/mol. The highest BCUT2D eigenvalue weighted by Crippen LogP contribution is 2.16. The lowest BCUT2D eigenvalue weighted by Crippen LogP contribution is -2.32. The summed E-state index contributed by atoms with van der Waals surface area (Å²) >= 11 is 5.89. The summed E-state index contributed by atoms with van der Waals surface area (Å²) in [6.45, 7) is 1.81. The number of amides is 1. The smallest absolute Gasteiger partial charge is 0.251 e. The van der Waals surface area contributed by atoms with E-state index in [0.29, 0.717) is 22.7 Å². The molecule has 6 heteroatoms. The van der Waals surface area contributed by atoms with Crippen LogP contribution in [-0.2, 0) is 4.79 Å². The summed E-state index contributed by atoms with van der Waals surface area (Å²) in [4.78, 5) is 24.3. The van der Waals surface area contributed by atoms with E-state index in [1.807, 2.05) is 13.0 Å². The lowest BCUT2D eigenvalue weighted by Gasteiger charge is -2.18. The molecule has 1 aromatic carbocycles. The Kier molecular flexibility index (Phi) is 4.97. The van der Waals surface area contributed by atoms with Crippen LogP contribution in [0.2, 0.25) is 5.02 Å². The number of anilines is 1. The second-order valence-electron chi connectivity index (χ2n) is 4.70. The number of pyridine rings is 1. The molecule has 0 saturated carbocycles. The zero-order valence-electron chi connectivity index (χ0n) is 11.9. The molecule has 5 nitrogen and oxygen atoms in total. The predicted molar refractivity (Wildman–Crippen MR) is 84.8 cm³/mol. The molecule has 0 aliphatic heterocycles. The van der Waals surface area contributed by atoms with Gasteiger partial charge in [-0.1, -0.05) is 24.6 Å². The molecular formula is C16H14ClN3O2. The average Bonchev–Trinajstić information content (AvgIpc) is 2.51. The van der Waals surface area contributed by atoms with Crippen molar-refractivity contribution in [3.05, 3.63) is 63.5 Å². The van der Waals surface area contributed by atoms with Gasteiger partial charge in [-0.2, -0.15) is 5.26 Å². The van der Waals surface area contributed by atoms with Crippen LogP contribution >= 0.6 is 11.6 Å². The van der Waals surface area contributed by atoms with E-state index in [2.05, 4.69) is 5.32 Å². The minimum absolute atomic E-state index is 0.294. The van der Waals surface area contributed by atoms with Crippen molar-refractivity contribution >= 4 is 23.2 Å². The van der Waals surface area contributed by atoms with Crippen molar-refractivity contribution in [2.75, 3.05) is 5.32 Å². The van der Waals surface area contributed by atoms with Crippen molar-refractivity contribution < 1.29 is 4.79 Å². The fourth-order valence-corrected chi connectivity index (χ4v) is 2.29. The second-order valence-corrected chi connectivity index (χ2v) is 5.14. The predicted octanol–water partition coefficient (Wildman–Crippen LogP) is 2.96. The van der Waals surface area contributed by atoms with E-state index < -0.39 is 6.04 Å². The van der Waals surface area contributed by atoms with Crippen molar-refractivity contribution in [3.8, 4) is 6.07 Å². The summed E-state index contributed by atoms with van der Waals surface area (Å²) in [7, 11) is 0. The number of halogens is 1. The van der Waals surface area contributed by atoms with Crippen molar-refractivity contribution in [2.45, 2.75) is 19.4 Å². The topological polar surface area (TPSA) is 74.9 Å². The highest BCUT2D eigenvalue weighted by Gasteiger charge is 2.19. The van der Waals surface area contributed by atoms with E-state index >= 15 is 0 Å². The van der Waals surface area contributed by atoms with Gasteiger partial charge in [0, 0.05) is 18.0 Å². The number of hydrogen-bond donors (Lipinski definition) is 1. The van der Waals surface area contributed by atoms with Crippen LogP contribution in [0.3, 0.4) is 0 Å². The first-order chi connectivity index (χ1) is 10.5. The van der Waals surface area contributed by atoms with Crippen molar-refractivity contribution in [1.82, 2.24) is 4.57 Å². The van der Waals surface area contributed by atoms with Gasteiger partial charge in [0.25, 0.3) is 5.56 Å². The number of nitriles is 1. The largest absolute Gasteiger partial charge is 0.324 e. The van der Waals surface area contributed by atoms with E-state index in [-0.39, 0.29) is 11.5 Å². The molecule has 0 spiro atoms. The molecule has 0 aliphatic carbocycles. The summed E-state index contributed by atoms with van der Waals surface area (Å²) < 4.78 is 1.31. The molecule has 0 bridgehead atoms. The van der Waals surface area contributed by atoms with E-state index in [0.717, 1.165) is 0 Å². The molecule has 1 atom stereocenters. The Balaban J connectivity index is 2.27. The molecule has 1 amide bonds. The molecule has 0 saturated heterocycles. The van der Waals surface area contributed by atoms with Crippen molar-refractivity contribution in [1.29, 1.82) is 5.26 Å². The van der Waals surface area contributed by atoms with Crippen LogP contribution in [0.5, 0.6) is 0 Å². The molecule has 0 fully saturated rings. The first-order valence-electron chi connectivity index (χ1n) is 6.74. The molecule has 1 heterocycles. The first-order valence-corrected chi connectivity index (χ1v) is 7.11. The van der Waals surface area contributed by atoms with Crippen LogP contribution in [0.25, 0.3) is 0 Å². The summed E-state index contributed by atoms with van der Waals surface area (Å²) in [6, 6.07) is 10.7. The number of nitrogens with zero attached hydrogens (tertiary/aromatic N) is 2. The van der Waals surface area contributed by atoms with E-state index in [4.69, 9.17) is 16.9 Å². The summed E-state index contributed by atoms with van der Waals surface area (Å²) in [5.41, 5.74) is 0.667. The minimum Gasteiger partial charge on any atom is -0.324 e. The van der Waals surface area contributed by atoms with Gasteiger partial charge in [0.1, 0.15) is 6.04 Å². The average molecular weight is 316 g/mol. The minimum atomic E-state index is -0.669. The summed E-state index contributed by atoms with van der Waals surface area (Å²) in [6.07, 6.45) is 1.88. The maximum atomic E-state index is 12.4. The van der Waals surface area contributed by atoms with Gasteiger partial charge in [0.05, 0.1) is 16.7 Å². The Hall–Kier alpha value is -2.58. The SMILES string of the molecule is CCC(C(=O)Nc1cccc(C#N)c1)n1cc(Cl)ccc1=O. The van der Waals surface area contributed by atoms with Crippen LogP contribution < -0.4 is 10.9 Å². The van der Waals surface area contributed by atoms with Crippen molar-refractivity contribution in [2.24, 2.45) is 0 Å². The first kappa shape index (κ1) is 15.8. The lowest BCUT2D eigenvalue weighted by atomic mass is 10.1.